The molecule has 0 aromatic heterocycles. The summed E-state index contributed by atoms with van der Waals surface area (Å²) in [4.78, 5) is 25.6. The Hall–Kier alpha value is -1.84. The van der Waals surface area contributed by atoms with Crippen LogP contribution in [0.3, 0.4) is 0 Å². The van der Waals surface area contributed by atoms with Gasteiger partial charge in [0.15, 0.2) is 0 Å². The molecule has 4 nitrogen and oxygen atoms in total. The van der Waals surface area contributed by atoms with Gasteiger partial charge in [-0.2, -0.15) is 0 Å². The first-order valence-corrected chi connectivity index (χ1v) is 9.73. The zero-order chi connectivity index (χ0) is 18.1. The molecule has 0 spiro atoms. The number of carbonyl (C=O) groups excluding carboxylic acids is 2. The van der Waals surface area contributed by atoms with Gasteiger partial charge in [0.1, 0.15) is 5.54 Å². The van der Waals surface area contributed by atoms with Gasteiger partial charge >= 0.3 is 0 Å². The number of rotatable bonds is 8. The summed E-state index contributed by atoms with van der Waals surface area (Å²) >= 11 is 0. The summed E-state index contributed by atoms with van der Waals surface area (Å²) in [6.45, 7) is 4.00. The minimum atomic E-state index is -0.862. The Morgan fingerprint density at radius 2 is 1.76 bits per heavy atom. The molecular formula is C21H32N2O2. The standard InChI is InChI=1S/C21H32N2O2/c1-3-4-11-16-21(2,20(25)22-18-14-9-6-10-15-18)23-19(24)17-12-7-5-8-13-17/h5,7-8,12-13,18H,3-4,6,9-11,14-16H2,1-2H3,(H,22,25)(H,23,24). The highest BCUT2D eigenvalue weighted by Crippen LogP contribution is 2.21. The number of carbonyl (C=O) groups is 2. The van der Waals surface area contributed by atoms with Crippen LogP contribution in [0.15, 0.2) is 30.3 Å². The zero-order valence-electron chi connectivity index (χ0n) is 15.6. The lowest BCUT2D eigenvalue weighted by molar-refractivity contribution is -0.128. The topological polar surface area (TPSA) is 58.2 Å². The summed E-state index contributed by atoms with van der Waals surface area (Å²) < 4.78 is 0. The van der Waals surface area contributed by atoms with Crippen LogP contribution in [0.5, 0.6) is 0 Å². The molecular weight excluding hydrogens is 312 g/mol. The Bertz CT molecular complexity index is 552. The molecule has 138 valence electrons. The van der Waals surface area contributed by atoms with Crippen molar-refractivity contribution in [1.29, 1.82) is 0 Å². The molecule has 1 saturated carbocycles. The van der Waals surface area contributed by atoms with Gasteiger partial charge in [0.2, 0.25) is 5.91 Å². The van der Waals surface area contributed by atoms with Crippen LogP contribution in [0, 0.1) is 0 Å². The largest absolute Gasteiger partial charge is 0.351 e. The van der Waals surface area contributed by atoms with Crippen LogP contribution in [0.2, 0.25) is 0 Å². The lowest BCUT2D eigenvalue weighted by atomic mass is 9.90. The van der Waals surface area contributed by atoms with Gasteiger partial charge < -0.3 is 10.6 Å². The quantitative estimate of drug-likeness (QED) is 0.694. The van der Waals surface area contributed by atoms with E-state index in [4.69, 9.17) is 0 Å². The molecule has 1 unspecified atom stereocenters. The highest BCUT2D eigenvalue weighted by Gasteiger charge is 2.35. The van der Waals surface area contributed by atoms with Crippen molar-refractivity contribution in [2.75, 3.05) is 0 Å². The number of hydrogen-bond donors (Lipinski definition) is 2. The summed E-state index contributed by atoms with van der Waals surface area (Å²) in [5.41, 5.74) is -0.269. The average Bonchev–Trinajstić information content (AvgIpc) is 2.63. The smallest absolute Gasteiger partial charge is 0.252 e. The van der Waals surface area contributed by atoms with Crippen LogP contribution in [-0.4, -0.2) is 23.4 Å². The molecule has 1 aromatic carbocycles. The Labute approximate surface area is 151 Å². The van der Waals surface area contributed by atoms with Crippen molar-refractivity contribution in [3.05, 3.63) is 35.9 Å². The summed E-state index contributed by atoms with van der Waals surface area (Å²) in [5, 5.41) is 6.20. The van der Waals surface area contributed by atoms with Gasteiger partial charge in [0.05, 0.1) is 0 Å². The van der Waals surface area contributed by atoms with Gasteiger partial charge in [-0.05, 0) is 38.3 Å². The summed E-state index contributed by atoms with van der Waals surface area (Å²) in [6.07, 6.45) is 9.44. The predicted octanol–water partition coefficient (Wildman–Crippen LogP) is 4.20. The fraction of sp³-hybridized carbons (Fsp3) is 0.619. The molecule has 4 heteroatoms. The van der Waals surface area contributed by atoms with Crippen molar-refractivity contribution in [3.8, 4) is 0 Å². The van der Waals surface area contributed by atoms with E-state index < -0.39 is 5.54 Å². The predicted molar refractivity (Wildman–Crippen MR) is 101 cm³/mol. The van der Waals surface area contributed by atoms with E-state index in [2.05, 4.69) is 17.6 Å². The van der Waals surface area contributed by atoms with Crippen LogP contribution in [-0.2, 0) is 4.79 Å². The molecule has 1 aliphatic carbocycles. The summed E-state index contributed by atoms with van der Waals surface area (Å²) in [5.74, 6) is -0.224. The highest BCUT2D eigenvalue weighted by molar-refractivity contribution is 5.99. The SMILES string of the molecule is CCCCCC(C)(NC(=O)c1ccccc1)C(=O)NC1CCCCC1. The molecule has 1 atom stereocenters. The van der Waals surface area contributed by atoms with Crippen molar-refractivity contribution in [1.82, 2.24) is 10.6 Å². The number of unbranched alkanes of at least 4 members (excludes halogenated alkanes) is 2. The average molecular weight is 344 g/mol. The van der Waals surface area contributed by atoms with Gasteiger partial charge in [0, 0.05) is 11.6 Å². The van der Waals surface area contributed by atoms with Crippen LogP contribution in [0.4, 0.5) is 0 Å². The molecule has 1 fully saturated rings. The molecule has 0 aliphatic heterocycles. The maximum atomic E-state index is 13.0. The second-order valence-corrected chi connectivity index (χ2v) is 7.42. The Morgan fingerprint density at radius 1 is 1.08 bits per heavy atom. The second-order valence-electron chi connectivity index (χ2n) is 7.42. The van der Waals surface area contributed by atoms with Gasteiger partial charge in [0.25, 0.3) is 5.91 Å². The van der Waals surface area contributed by atoms with Crippen LogP contribution < -0.4 is 10.6 Å². The second kappa shape index (κ2) is 9.59. The maximum Gasteiger partial charge on any atom is 0.252 e. The summed E-state index contributed by atoms with van der Waals surface area (Å²) in [7, 11) is 0. The maximum absolute atomic E-state index is 13.0. The third-order valence-electron chi connectivity index (χ3n) is 5.15. The van der Waals surface area contributed by atoms with E-state index in [0.29, 0.717) is 12.0 Å². The fourth-order valence-electron chi connectivity index (χ4n) is 3.47. The third-order valence-corrected chi connectivity index (χ3v) is 5.15. The number of hydrogen-bond acceptors (Lipinski definition) is 2. The molecule has 0 heterocycles. The van der Waals surface area contributed by atoms with Crippen molar-refractivity contribution in [2.24, 2.45) is 0 Å². The van der Waals surface area contributed by atoms with Crippen molar-refractivity contribution >= 4 is 11.8 Å². The number of nitrogens with one attached hydrogen (secondary N) is 2. The normalized spacial score (nSPS) is 17.5. The van der Waals surface area contributed by atoms with E-state index in [-0.39, 0.29) is 17.9 Å². The van der Waals surface area contributed by atoms with Crippen molar-refractivity contribution < 1.29 is 9.59 Å². The third kappa shape index (κ3) is 5.87. The molecule has 0 saturated heterocycles. The van der Waals surface area contributed by atoms with E-state index in [1.165, 1.54) is 19.3 Å². The van der Waals surface area contributed by atoms with Crippen molar-refractivity contribution in [3.63, 3.8) is 0 Å². The van der Waals surface area contributed by atoms with Gasteiger partial charge in [-0.25, -0.2) is 0 Å². The summed E-state index contributed by atoms with van der Waals surface area (Å²) in [6, 6.07) is 9.37. The molecule has 2 N–H and O–H groups in total. The molecule has 0 radical (unpaired) electrons. The lowest BCUT2D eigenvalue weighted by Gasteiger charge is -2.33. The van der Waals surface area contributed by atoms with E-state index in [1.54, 1.807) is 12.1 Å². The molecule has 25 heavy (non-hydrogen) atoms. The number of benzene rings is 1. The first kappa shape index (κ1) is 19.5. The van der Waals surface area contributed by atoms with E-state index in [1.807, 2.05) is 25.1 Å². The van der Waals surface area contributed by atoms with Gasteiger partial charge in [-0.3, -0.25) is 9.59 Å². The van der Waals surface area contributed by atoms with E-state index >= 15 is 0 Å². The van der Waals surface area contributed by atoms with Crippen LogP contribution in [0.25, 0.3) is 0 Å². The monoisotopic (exact) mass is 344 g/mol. The fourth-order valence-corrected chi connectivity index (χ4v) is 3.47. The molecule has 0 bridgehead atoms. The Balaban J connectivity index is 2.05. The zero-order valence-corrected chi connectivity index (χ0v) is 15.6. The molecule has 2 amide bonds. The molecule has 1 aromatic rings. The highest BCUT2D eigenvalue weighted by atomic mass is 16.2. The van der Waals surface area contributed by atoms with Gasteiger partial charge in [-0.15, -0.1) is 0 Å². The minimum Gasteiger partial charge on any atom is -0.351 e. The molecule has 1 aliphatic rings. The lowest BCUT2D eigenvalue weighted by Crippen LogP contribution is -2.58. The number of amides is 2. The van der Waals surface area contributed by atoms with Gasteiger partial charge in [-0.1, -0.05) is 63.6 Å². The van der Waals surface area contributed by atoms with Crippen LogP contribution in [0.1, 0.15) is 82.0 Å². The molecule has 2 rings (SSSR count). The van der Waals surface area contributed by atoms with E-state index in [9.17, 15) is 9.59 Å². The first-order chi connectivity index (χ1) is 12.0. The first-order valence-electron chi connectivity index (χ1n) is 9.73. The Morgan fingerprint density at radius 3 is 2.40 bits per heavy atom. The minimum absolute atomic E-state index is 0.0419. The van der Waals surface area contributed by atoms with E-state index in [0.717, 1.165) is 32.1 Å². The van der Waals surface area contributed by atoms with Crippen LogP contribution >= 0.6 is 0 Å². The van der Waals surface area contributed by atoms with Crippen molar-refractivity contribution in [2.45, 2.75) is 83.2 Å². The Kier molecular flexibility index (Phi) is 7.48.